The first-order chi connectivity index (χ1) is 9.06. The minimum absolute atomic E-state index is 0.0539. The summed E-state index contributed by atoms with van der Waals surface area (Å²) in [4.78, 5) is 3.66. The van der Waals surface area contributed by atoms with Crippen LogP contribution >= 0.6 is 0 Å². The zero-order valence-corrected chi connectivity index (χ0v) is 10.8. The quantitative estimate of drug-likeness (QED) is 0.785. The van der Waals surface area contributed by atoms with Gasteiger partial charge in [0.05, 0.1) is 6.61 Å². The molecule has 1 aliphatic carbocycles. The molecule has 4 nitrogen and oxygen atoms in total. The van der Waals surface area contributed by atoms with E-state index in [1.165, 1.54) is 0 Å². The van der Waals surface area contributed by atoms with Crippen LogP contribution in [0, 0.1) is 17.0 Å². The van der Waals surface area contributed by atoms with Gasteiger partial charge in [-0.25, -0.2) is 13.8 Å². The average Bonchev–Trinajstić information content (AvgIpc) is 2.42. The summed E-state index contributed by atoms with van der Waals surface area (Å²) in [6.07, 6.45) is 5.08. The fourth-order valence-electron chi connectivity index (χ4n) is 2.57. The smallest absolute Gasteiger partial charge is 0.168 e. The first kappa shape index (κ1) is 14.0. The lowest BCUT2D eigenvalue weighted by Crippen LogP contribution is -2.36. The predicted molar refractivity (Wildman–Crippen MR) is 69.7 cm³/mol. The Bertz CT molecular complexity index is 448. The molecular formula is C13H19F2N3O. The molecule has 0 spiro atoms. The highest BCUT2D eigenvalue weighted by Gasteiger charge is 2.31. The van der Waals surface area contributed by atoms with Gasteiger partial charge in [-0.3, -0.25) is 0 Å². The SMILES string of the molecule is Nc1nc(NCC2(CO)CCCCC2)c(F)cc1F. The van der Waals surface area contributed by atoms with Crippen LogP contribution in [-0.2, 0) is 0 Å². The predicted octanol–water partition coefficient (Wildman–Crippen LogP) is 2.30. The molecule has 19 heavy (non-hydrogen) atoms. The summed E-state index contributed by atoms with van der Waals surface area (Å²) >= 11 is 0. The van der Waals surface area contributed by atoms with Crippen molar-refractivity contribution in [1.29, 1.82) is 0 Å². The summed E-state index contributed by atoms with van der Waals surface area (Å²) in [6, 6.07) is 0.719. The number of pyridine rings is 1. The van der Waals surface area contributed by atoms with E-state index in [-0.39, 0.29) is 23.7 Å². The molecule has 1 saturated carbocycles. The van der Waals surface area contributed by atoms with E-state index in [4.69, 9.17) is 5.73 Å². The number of aromatic nitrogens is 1. The second-order valence-corrected chi connectivity index (χ2v) is 5.26. The lowest BCUT2D eigenvalue weighted by Gasteiger charge is -2.35. The zero-order chi connectivity index (χ0) is 13.9. The van der Waals surface area contributed by atoms with Gasteiger partial charge < -0.3 is 16.2 Å². The molecule has 0 aromatic carbocycles. The van der Waals surface area contributed by atoms with Gasteiger partial charge >= 0.3 is 0 Å². The molecule has 1 fully saturated rings. The van der Waals surface area contributed by atoms with Crippen LogP contribution < -0.4 is 11.1 Å². The Hall–Kier alpha value is -1.43. The second kappa shape index (κ2) is 5.69. The first-order valence-corrected chi connectivity index (χ1v) is 6.53. The van der Waals surface area contributed by atoms with Crippen molar-refractivity contribution in [2.75, 3.05) is 24.2 Å². The number of nitrogen functional groups attached to an aromatic ring is 1. The van der Waals surface area contributed by atoms with Crippen LogP contribution in [0.3, 0.4) is 0 Å². The highest BCUT2D eigenvalue weighted by atomic mass is 19.1. The summed E-state index contributed by atoms with van der Waals surface area (Å²) in [5.74, 6) is -2.02. The van der Waals surface area contributed by atoms with Crippen LogP contribution in [0.2, 0.25) is 0 Å². The number of halogens is 2. The normalized spacial score (nSPS) is 18.3. The van der Waals surface area contributed by atoms with E-state index in [1.807, 2.05) is 0 Å². The minimum Gasteiger partial charge on any atom is -0.396 e. The minimum atomic E-state index is -0.863. The Morgan fingerprint density at radius 2 is 1.95 bits per heavy atom. The van der Waals surface area contributed by atoms with Gasteiger partial charge in [0.25, 0.3) is 0 Å². The van der Waals surface area contributed by atoms with Gasteiger partial charge in [0.15, 0.2) is 23.3 Å². The van der Waals surface area contributed by atoms with E-state index in [0.717, 1.165) is 38.2 Å². The molecule has 0 amide bonds. The van der Waals surface area contributed by atoms with Crippen LogP contribution in [-0.4, -0.2) is 23.2 Å². The number of nitrogens with two attached hydrogens (primary N) is 1. The molecule has 0 radical (unpaired) electrons. The maximum Gasteiger partial charge on any atom is 0.168 e. The average molecular weight is 271 g/mol. The molecule has 1 heterocycles. The highest BCUT2D eigenvalue weighted by molar-refractivity contribution is 5.45. The molecule has 0 saturated heterocycles. The third-order valence-electron chi connectivity index (χ3n) is 3.84. The third kappa shape index (κ3) is 3.12. The summed E-state index contributed by atoms with van der Waals surface area (Å²) in [7, 11) is 0. The number of hydrogen-bond donors (Lipinski definition) is 3. The first-order valence-electron chi connectivity index (χ1n) is 6.53. The van der Waals surface area contributed by atoms with Gasteiger partial charge in [-0.2, -0.15) is 0 Å². The van der Waals surface area contributed by atoms with Crippen molar-refractivity contribution in [3.05, 3.63) is 17.7 Å². The van der Waals surface area contributed by atoms with Crippen LogP contribution in [0.4, 0.5) is 20.4 Å². The summed E-state index contributed by atoms with van der Waals surface area (Å²) < 4.78 is 26.5. The van der Waals surface area contributed by atoms with E-state index in [2.05, 4.69) is 10.3 Å². The second-order valence-electron chi connectivity index (χ2n) is 5.26. The summed E-state index contributed by atoms with van der Waals surface area (Å²) in [5.41, 5.74) is 5.08. The number of aliphatic hydroxyl groups excluding tert-OH is 1. The largest absolute Gasteiger partial charge is 0.396 e. The van der Waals surface area contributed by atoms with Gasteiger partial charge in [0.2, 0.25) is 0 Å². The Kier molecular flexibility index (Phi) is 4.19. The van der Waals surface area contributed by atoms with Crippen LogP contribution in [0.15, 0.2) is 6.07 Å². The standard InChI is InChI=1S/C13H19F2N3O/c14-9-6-10(15)12(18-11(9)16)17-7-13(8-19)4-2-1-3-5-13/h6,19H,1-5,7-8H2,(H3,16,17,18). The number of nitrogens with one attached hydrogen (secondary N) is 1. The molecule has 1 aromatic heterocycles. The Morgan fingerprint density at radius 1 is 1.26 bits per heavy atom. The number of hydrogen-bond acceptors (Lipinski definition) is 4. The molecule has 0 atom stereocenters. The zero-order valence-electron chi connectivity index (χ0n) is 10.8. The summed E-state index contributed by atoms with van der Waals surface area (Å²) in [6.45, 7) is 0.469. The Balaban J connectivity index is 2.07. The van der Waals surface area contributed by atoms with Crippen molar-refractivity contribution in [3.8, 4) is 0 Å². The van der Waals surface area contributed by atoms with Crippen molar-refractivity contribution < 1.29 is 13.9 Å². The molecule has 0 unspecified atom stereocenters. The number of anilines is 2. The van der Waals surface area contributed by atoms with E-state index in [0.29, 0.717) is 6.54 Å². The molecule has 0 bridgehead atoms. The van der Waals surface area contributed by atoms with Gasteiger partial charge in [-0.05, 0) is 12.8 Å². The van der Waals surface area contributed by atoms with Crippen molar-refractivity contribution in [2.24, 2.45) is 5.41 Å². The van der Waals surface area contributed by atoms with Crippen molar-refractivity contribution >= 4 is 11.6 Å². The molecule has 0 aliphatic heterocycles. The maximum absolute atomic E-state index is 13.5. The number of nitrogens with zero attached hydrogens (tertiary/aromatic N) is 1. The molecular weight excluding hydrogens is 252 g/mol. The van der Waals surface area contributed by atoms with E-state index in [9.17, 15) is 13.9 Å². The van der Waals surface area contributed by atoms with Gasteiger partial charge in [0, 0.05) is 18.0 Å². The van der Waals surface area contributed by atoms with E-state index >= 15 is 0 Å². The van der Waals surface area contributed by atoms with Gasteiger partial charge in [-0.1, -0.05) is 19.3 Å². The topological polar surface area (TPSA) is 71.2 Å². The molecule has 1 aromatic rings. The van der Waals surface area contributed by atoms with Gasteiger partial charge in [-0.15, -0.1) is 0 Å². The molecule has 2 rings (SSSR count). The monoisotopic (exact) mass is 271 g/mol. The number of rotatable bonds is 4. The summed E-state index contributed by atoms with van der Waals surface area (Å²) in [5, 5.41) is 12.4. The van der Waals surface area contributed by atoms with Crippen molar-refractivity contribution in [2.45, 2.75) is 32.1 Å². The lowest BCUT2D eigenvalue weighted by atomic mass is 9.74. The van der Waals surface area contributed by atoms with Crippen LogP contribution in [0.1, 0.15) is 32.1 Å². The number of aliphatic hydroxyl groups is 1. The fraction of sp³-hybridized carbons (Fsp3) is 0.615. The van der Waals surface area contributed by atoms with Crippen LogP contribution in [0.25, 0.3) is 0 Å². The van der Waals surface area contributed by atoms with E-state index in [1.54, 1.807) is 0 Å². The molecule has 4 N–H and O–H groups in total. The van der Waals surface area contributed by atoms with Crippen LogP contribution in [0.5, 0.6) is 0 Å². The molecule has 1 aliphatic rings. The van der Waals surface area contributed by atoms with Crippen molar-refractivity contribution in [1.82, 2.24) is 4.98 Å². The van der Waals surface area contributed by atoms with E-state index < -0.39 is 11.6 Å². The Labute approximate surface area is 111 Å². The fourth-order valence-corrected chi connectivity index (χ4v) is 2.57. The van der Waals surface area contributed by atoms with Gasteiger partial charge in [0.1, 0.15) is 0 Å². The third-order valence-corrected chi connectivity index (χ3v) is 3.84. The molecule has 106 valence electrons. The molecule has 6 heteroatoms. The Morgan fingerprint density at radius 3 is 2.58 bits per heavy atom. The highest BCUT2D eigenvalue weighted by Crippen LogP contribution is 2.36. The maximum atomic E-state index is 13.5. The van der Waals surface area contributed by atoms with Crippen molar-refractivity contribution in [3.63, 3.8) is 0 Å². The lowest BCUT2D eigenvalue weighted by molar-refractivity contribution is 0.0942.